The lowest BCUT2D eigenvalue weighted by Gasteiger charge is -2.09. The summed E-state index contributed by atoms with van der Waals surface area (Å²) in [6.07, 6.45) is 4.26. The minimum atomic E-state index is -0.747. The van der Waals surface area contributed by atoms with Crippen molar-refractivity contribution in [3.05, 3.63) is 0 Å². The van der Waals surface area contributed by atoms with E-state index in [2.05, 4.69) is 5.92 Å². The van der Waals surface area contributed by atoms with Gasteiger partial charge in [0.1, 0.15) is 6.10 Å². The number of rotatable bonds is 2. The fourth-order valence-electron chi connectivity index (χ4n) is 0.794. The van der Waals surface area contributed by atoms with Gasteiger partial charge >= 0.3 is 0 Å². The van der Waals surface area contributed by atoms with Gasteiger partial charge in [0.25, 0.3) is 0 Å². The maximum Gasteiger partial charge on any atom is 0.161 e. The molecule has 0 aromatic rings. The molecule has 0 saturated carbocycles. The number of aliphatic hydroxyl groups excluding tert-OH is 1. The average molecular weight is 142 g/mol. The minimum Gasteiger partial charge on any atom is -0.380 e. The summed E-state index contributed by atoms with van der Waals surface area (Å²) in [4.78, 5) is 0. The molecule has 3 nitrogen and oxygen atoms in total. The second-order valence-corrected chi connectivity index (χ2v) is 2.09. The first kappa shape index (κ1) is 7.55. The number of ether oxygens (including phenoxy) is 2. The lowest BCUT2D eigenvalue weighted by atomic mass is 10.2. The zero-order valence-electron chi connectivity index (χ0n) is 5.62. The molecular formula is C7H10O3. The van der Waals surface area contributed by atoms with Crippen LogP contribution in [-0.4, -0.2) is 30.7 Å². The van der Waals surface area contributed by atoms with Crippen LogP contribution in [0.25, 0.3) is 0 Å². The molecule has 1 atom stereocenters. The third-order valence-electron chi connectivity index (χ3n) is 1.30. The van der Waals surface area contributed by atoms with Gasteiger partial charge in [0, 0.05) is 6.42 Å². The molecule has 56 valence electrons. The molecule has 10 heavy (non-hydrogen) atoms. The van der Waals surface area contributed by atoms with Crippen LogP contribution in [0.3, 0.4) is 0 Å². The summed E-state index contributed by atoms with van der Waals surface area (Å²) in [5.74, 6) is 2.19. The van der Waals surface area contributed by atoms with Crippen LogP contribution in [0.5, 0.6) is 0 Å². The molecule has 0 aliphatic carbocycles. The standard InChI is InChI=1S/C7H10O3/c1-2-6(8)5-7-9-3-4-10-7/h1,6-8H,3-5H2. The Labute approximate surface area is 59.9 Å². The molecule has 0 bridgehead atoms. The summed E-state index contributed by atoms with van der Waals surface area (Å²) >= 11 is 0. The van der Waals surface area contributed by atoms with E-state index in [1.165, 1.54) is 0 Å². The smallest absolute Gasteiger partial charge is 0.161 e. The van der Waals surface area contributed by atoms with E-state index in [1.54, 1.807) is 0 Å². The van der Waals surface area contributed by atoms with Crippen LogP contribution in [0.4, 0.5) is 0 Å². The van der Waals surface area contributed by atoms with E-state index in [1.807, 2.05) is 0 Å². The molecule has 1 rings (SSSR count). The van der Waals surface area contributed by atoms with Gasteiger partial charge < -0.3 is 14.6 Å². The summed E-state index contributed by atoms with van der Waals surface area (Å²) in [5, 5.41) is 8.92. The van der Waals surface area contributed by atoms with E-state index < -0.39 is 6.10 Å². The van der Waals surface area contributed by atoms with E-state index >= 15 is 0 Å². The van der Waals surface area contributed by atoms with Gasteiger partial charge in [-0.1, -0.05) is 5.92 Å². The molecule has 1 unspecified atom stereocenters. The molecule has 0 amide bonds. The molecule has 1 fully saturated rings. The molecule has 1 heterocycles. The number of aliphatic hydroxyl groups is 1. The maximum atomic E-state index is 8.92. The Hall–Kier alpha value is -0.560. The van der Waals surface area contributed by atoms with E-state index in [-0.39, 0.29) is 6.29 Å². The average Bonchev–Trinajstić information content (AvgIpc) is 2.40. The fourth-order valence-corrected chi connectivity index (χ4v) is 0.794. The Morgan fingerprint density at radius 3 is 2.70 bits per heavy atom. The Balaban J connectivity index is 2.19. The van der Waals surface area contributed by atoms with Crippen molar-refractivity contribution in [1.29, 1.82) is 0 Å². The largest absolute Gasteiger partial charge is 0.380 e. The monoisotopic (exact) mass is 142 g/mol. The maximum absolute atomic E-state index is 8.92. The highest BCUT2D eigenvalue weighted by Gasteiger charge is 2.18. The van der Waals surface area contributed by atoms with Crippen molar-refractivity contribution in [2.45, 2.75) is 18.8 Å². The van der Waals surface area contributed by atoms with E-state index in [4.69, 9.17) is 21.0 Å². The highest BCUT2D eigenvalue weighted by molar-refractivity contribution is 4.93. The van der Waals surface area contributed by atoms with E-state index in [0.29, 0.717) is 19.6 Å². The Bertz CT molecular complexity index is 132. The van der Waals surface area contributed by atoms with Gasteiger partial charge in [0.2, 0.25) is 0 Å². The first-order chi connectivity index (χ1) is 4.83. The van der Waals surface area contributed by atoms with Gasteiger partial charge in [-0.25, -0.2) is 0 Å². The highest BCUT2D eigenvalue weighted by atomic mass is 16.7. The molecular weight excluding hydrogens is 132 g/mol. The van der Waals surface area contributed by atoms with Crippen molar-refractivity contribution in [3.8, 4) is 12.3 Å². The van der Waals surface area contributed by atoms with E-state index in [0.717, 1.165) is 0 Å². The van der Waals surface area contributed by atoms with Crippen LogP contribution in [0.15, 0.2) is 0 Å². The van der Waals surface area contributed by atoms with Crippen LogP contribution in [0.2, 0.25) is 0 Å². The number of hydrogen-bond donors (Lipinski definition) is 1. The van der Waals surface area contributed by atoms with Gasteiger partial charge in [-0.15, -0.1) is 6.42 Å². The minimum absolute atomic E-state index is 0.300. The van der Waals surface area contributed by atoms with Gasteiger partial charge in [-0.2, -0.15) is 0 Å². The predicted octanol–water partition coefficient (Wildman–Crippen LogP) is -0.257. The highest BCUT2D eigenvalue weighted by Crippen LogP contribution is 2.09. The quantitative estimate of drug-likeness (QED) is 0.540. The van der Waals surface area contributed by atoms with Crippen LogP contribution >= 0.6 is 0 Å². The summed E-state index contributed by atoms with van der Waals surface area (Å²) in [6, 6.07) is 0. The second-order valence-electron chi connectivity index (χ2n) is 2.09. The molecule has 1 N–H and O–H groups in total. The molecule has 1 aliphatic heterocycles. The first-order valence-corrected chi connectivity index (χ1v) is 3.20. The van der Waals surface area contributed by atoms with Crippen molar-refractivity contribution in [1.82, 2.24) is 0 Å². The third kappa shape index (κ3) is 1.99. The fraction of sp³-hybridized carbons (Fsp3) is 0.714. The summed E-state index contributed by atoms with van der Waals surface area (Å²) in [7, 11) is 0. The van der Waals surface area contributed by atoms with Crippen molar-refractivity contribution in [3.63, 3.8) is 0 Å². The van der Waals surface area contributed by atoms with Gasteiger partial charge in [0.05, 0.1) is 13.2 Å². The second kappa shape index (κ2) is 3.57. The molecule has 1 saturated heterocycles. The van der Waals surface area contributed by atoms with Crippen molar-refractivity contribution < 1.29 is 14.6 Å². The van der Waals surface area contributed by atoms with Crippen LogP contribution in [0, 0.1) is 12.3 Å². The lowest BCUT2D eigenvalue weighted by molar-refractivity contribution is -0.0624. The van der Waals surface area contributed by atoms with E-state index in [9.17, 15) is 0 Å². The van der Waals surface area contributed by atoms with Gasteiger partial charge in [-0.3, -0.25) is 0 Å². The van der Waals surface area contributed by atoms with Gasteiger partial charge in [-0.05, 0) is 0 Å². The third-order valence-corrected chi connectivity index (χ3v) is 1.30. The molecule has 0 aromatic heterocycles. The Morgan fingerprint density at radius 2 is 2.20 bits per heavy atom. The van der Waals surface area contributed by atoms with Crippen LogP contribution in [-0.2, 0) is 9.47 Å². The van der Waals surface area contributed by atoms with Crippen molar-refractivity contribution in [2.24, 2.45) is 0 Å². The summed E-state index contributed by atoms with van der Waals surface area (Å²) in [6.45, 7) is 1.20. The first-order valence-electron chi connectivity index (χ1n) is 3.20. The molecule has 1 aliphatic rings. The van der Waals surface area contributed by atoms with Crippen LogP contribution in [0.1, 0.15) is 6.42 Å². The SMILES string of the molecule is C#CC(O)CC1OCCO1. The zero-order chi connectivity index (χ0) is 7.40. The number of hydrogen-bond acceptors (Lipinski definition) is 3. The zero-order valence-corrected chi connectivity index (χ0v) is 5.62. The lowest BCUT2D eigenvalue weighted by Crippen LogP contribution is -2.16. The number of terminal acetylenes is 1. The van der Waals surface area contributed by atoms with Crippen molar-refractivity contribution >= 4 is 0 Å². The molecule has 0 radical (unpaired) electrons. The van der Waals surface area contributed by atoms with Crippen molar-refractivity contribution in [2.75, 3.05) is 13.2 Å². The summed E-state index contributed by atoms with van der Waals surface area (Å²) in [5.41, 5.74) is 0. The van der Waals surface area contributed by atoms with Gasteiger partial charge in [0.15, 0.2) is 6.29 Å². The summed E-state index contributed by atoms with van der Waals surface area (Å²) < 4.78 is 10.1. The molecule has 0 aromatic carbocycles. The molecule has 3 heteroatoms. The predicted molar refractivity (Wildman–Crippen MR) is 35.1 cm³/mol. The topological polar surface area (TPSA) is 38.7 Å². The normalized spacial score (nSPS) is 22.4. The Morgan fingerprint density at radius 1 is 1.60 bits per heavy atom. The Kier molecular flexibility index (Phi) is 2.69. The molecule has 0 spiro atoms. The van der Waals surface area contributed by atoms with Crippen LogP contribution < -0.4 is 0 Å².